The molecule has 0 spiro atoms. The zero-order chi connectivity index (χ0) is 50.6. The van der Waals surface area contributed by atoms with Crippen molar-refractivity contribution in [2.24, 2.45) is 0 Å². The maximum Gasteiger partial charge on any atom is 0.306 e. The molecule has 0 aliphatic carbocycles. The molecule has 0 aliphatic rings. The number of esters is 2. The molecule has 0 amide bonds. The average Bonchev–Trinajstić information content (AvgIpc) is 3.31. The summed E-state index contributed by atoms with van der Waals surface area (Å²) in [5.41, 5.74) is 0. The molecule has 0 aromatic heterocycles. The first kappa shape index (κ1) is 67.3. The van der Waals surface area contributed by atoms with Gasteiger partial charge >= 0.3 is 11.9 Å². The minimum absolute atomic E-state index is 0.152. The van der Waals surface area contributed by atoms with Gasteiger partial charge in [-0.2, -0.15) is 0 Å². The van der Waals surface area contributed by atoms with E-state index in [4.69, 9.17) is 18.9 Å². The van der Waals surface area contributed by atoms with Gasteiger partial charge in [0.25, 0.3) is 0 Å². The fraction of sp³-hybridized carbons (Fsp3) is 0.950. The van der Waals surface area contributed by atoms with E-state index in [0.717, 1.165) is 51.4 Å². The van der Waals surface area contributed by atoms with E-state index < -0.39 is 24.3 Å². The number of carbonyl (C=O) groups is 3. The summed E-state index contributed by atoms with van der Waals surface area (Å²) in [7, 11) is 5.91. The van der Waals surface area contributed by atoms with Gasteiger partial charge < -0.3 is 33.3 Å². The maximum absolute atomic E-state index is 12.7. The Morgan fingerprint density at radius 1 is 0.377 bits per heavy atom. The first-order valence-electron chi connectivity index (χ1n) is 30.2. The molecule has 2 atom stereocenters. The van der Waals surface area contributed by atoms with Gasteiger partial charge in [-0.1, -0.05) is 284 Å². The van der Waals surface area contributed by atoms with Crippen LogP contribution in [0.1, 0.15) is 309 Å². The molecule has 2 unspecified atom stereocenters. The Morgan fingerprint density at radius 2 is 0.652 bits per heavy atom. The second kappa shape index (κ2) is 52.6. The van der Waals surface area contributed by atoms with Crippen LogP contribution in [0.15, 0.2) is 0 Å². The molecule has 0 saturated heterocycles. The summed E-state index contributed by atoms with van der Waals surface area (Å²) in [6.07, 6.45) is 57.0. The zero-order valence-electron chi connectivity index (χ0n) is 46.7. The minimum atomic E-state index is -1.61. The summed E-state index contributed by atoms with van der Waals surface area (Å²) < 4.78 is 22.5. The van der Waals surface area contributed by atoms with Gasteiger partial charge in [0, 0.05) is 12.8 Å². The highest BCUT2D eigenvalue weighted by molar-refractivity contribution is 5.70. The van der Waals surface area contributed by atoms with Crippen molar-refractivity contribution < 1.29 is 42.9 Å². The molecule has 410 valence electrons. The van der Waals surface area contributed by atoms with Crippen molar-refractivity contribution in [3.8, 4) is 0 Å². The van der Waals surface area contributed by atoms with E-state index in [9.17, 15) is 19.5 Å². The van der Waals surface area contributed by atoms with Crippen LogP contribution in [0, 0.1) is 0 Å². The number of quaternary nitrogens is 1. The molecule has 9 nitrogen and oxygen atoms in total. The topological polar surface area (TPSA) is 111 Å². The lowest BCUT2D eigenvalue weighted by atomic mass is 10.0. The van der Waals surface area contributed by atoms with Crippen LogP contribution in [0.25, 0.3) is 0 Å². The SMILES string of the molecule is CCCCCCCCCCCCCCCCCCCCCCCCCCCCCCCCCCCCCCCCCC(=O)OC(COC(=O)CCCCCCC)COC(OCC[N+](C)(C)C)C(=O)[O-]. The number of likely N-dealkylation sites (N-methyl/N-ethyl adjacent to an activating group) is 1. The van der Waals surface area contributed by atoms with Crippen LogP contribution in [-0.2, 0) is 33.3 Å². The Bertz CT molecular complexity index is 1100. The van der Waals surface area contributed by atoms with Crippen molar-refractivity contribution in [1.82, 2.24) is 0 Å². The summed E-state index contributed by atoms with van der Waals surface area (Å²) in [6, 6.07) is 0. The Balaban J connectivity index is 3.71. The van der Waals surface area contributed by atoms with E-state index in [2.05, 4.69) is 13.8 Å². The molecular weight excluding hydrogens is 863 g/mol. The first-order valence-corrected chi connectivity index (χ1v) is 30.2. The first-order chi connectivity index (χ1) is 33.6. The summed E-state index contributed by atoms with van der Waals surface area (Å²) in [6.45, 7) is 4.69. The van der Waals surface area contributed by atoms with E-state index in [1.807, 2.05) is 21.1 Å². The maximum atomic E-state index is 12.7. The smallest absolute Gasteiger partial charge is 0.306 e. The summed E-state index contributed by atoms with van der Waals surface area (Å²) in [5.74, 6) is -2.28. The Morgan fingerprint density at radius 3 is 0.928 bits per heavy atom. The van der Waals surface area contributed by atoms with E-state index in [1.54, 1.807) is 0 Å². The number of hydrogen-bond donors (Lipinski definition) is 0. The van der Waals surface area contributed by atoms with Gasteiger partial charge in [0.15, 0.2) is 12.4 Å². The summed E-state index contributed by atoms with van der Waals surface area (Å²) in [5, 5.41) is 11.7. The lowest BCUT2D eigenvalue weighted by molar-refractivity contribution is -0.870. The molecule has 0 aromatic carbocycles. The molecule has 69 heavy (non-hydrogen) atoms. The highest BCUT2D eigenvalue weighted by atomic mass is 16.7. The number of unbranched alkanes of at least 4 members (excludes halogenated alkanes) is 42. The molecule has 0 rings (SSSR count). The molecule has 0 aromatic rings. The number of carboxylic acids is 1. The molecule has 0 bridgehead atoms. The second-order valence-electron chi connectivity index (χ2n) is 22.0. The van der Waals surface area contributed by atoms with Crippen LogP contribution >= 0.6 is 0 Å². The highest BCUT2D eigenvalue weighted by Crippen LogP contribution is 2.18. The lowest BCUT2D eigenvalue weighted by Crippen LogP contribution is -2.44. The molecule has 0 fully saturated rings. The molecule has 9 heteroatoms. The molecule has 0 heterocycles. The number of carbonyl (C=O) groups excluding carboxylic acids is 3. The Labute approximate surface area is 428 Å². The highest BCUT2D eigenvalue weighted by Gasteiger charge is 2.22. The predicted octanol–water partition coefficient (Wildman–Crippen LogP) is 16.2. The van der Waals surface area contributed by atoms with Gasteiger partial charge in [-0.25, -0.2) is 0 Å². The normalized spacial score (nSPS) is 12.7. The van der Waals surface area contributed by atoms with E-state index in [-0.39, 0.29) is 32.2 Å². The van der Waals surface area contributed by atoms with Crippen LogP contribution in [-0.4, -0.2) is 82.3 Å². The number of carboxylic acid groups (broad SMARTS) is 1. The molecule has 0 aliphatic heterocycles. The number of aliphatic carboxylic acids is 1. The third-order valence-corrected chi connectivity index (χ3v) is 13.9. The second-order valence-corrected chi connectivity index (χ2v) is 22.0. The number of rotatable bonds is 57. The van der Waals surface area contributed by atoms with Crippen molar-refractivity contribution in [3.63, 3.8) is 0 Å². The molecule has 0 radical (unpaired) electrons. The van der Waals surface area contributed by atoms with Crippen LogP contribution in [0.3, 0.4) is 0 Å². The van der Waals surface area contributed by atoms with Gasteiger partial charge in [-0.05, 0) is 12.8 Å². The number of nitrogens with zero attached hydrogens (tertiary/aromatic N) is 1. The standard InChI is InChI=1S/C60H117NO8/c1-6-8-10-12-13-14-15-16-17-18-19-20-21-22-23-24-25-26-27-28-29-30-31-32-33-34-35-36-37-38-39-40-41-42-43-44-45-47-49-51-58(63)69-56(54-67-57(62)50-48-46-11-9-7-2)55-68-60(59(64)65)66-53-52-61(3,4)5/h56,60H,6-55H2,1-5H3. The fourth-order valence-electron chi connectivity index (χ4n) is 9.19. The number of hydrogen-bond acceptors (Lipinski definition) is 8. The van der Waals surface area contributed by atoms with Gasteiger partial charge in [-0.3, -0.25) is 9.59 Å². The average molecular weight is 981 g/mol. The van der Waals surface area contributed by atoms with Gasteiger partial charge in [0.05, 0.1) is 40.3 Å². The quantitative estimate of drug-likeness (QED) is 0.0256. The van der Waals surface area contributed by atoms with Crippen LogP contribution < -0.4 is 5.11 Å². The fourth-order valence-corrected chi connectivity index (χ4v) is 9.19. The van der Waals surface area contributed by atoms with Crippen LogP contribution in [0.5, 0.6) is 0 Å². The van der Waals surface area contributed by atoms with Gasteiger partial charge in [-0.15, -0.1) is 0 Å². The third kappa shape index (κ3) is 53.9. The molecule has 0 saturated carbocycles. The molecule has 0 N–H and O–H groups in total. The van der Waals surface area contributed by atoms with Crippen LogP contribution in [0.4, 0.5) is 0 Å². The van der Waals surface area contributed by atoms with Gasteiger partial charge in [0.1, 0.15) is 13.2 Å². The van der Waals surface area contributed by atoms with Crippen molar-refractivity contribution in [2.75, 3.05) is 47.5 Å². The summed E-state index contributed by atoms with van der Waals surface area (Å²) in [4.78, 5) is 36.8. The monoisotopic (exact) mass is 980 g/mol. The Hall–Kier alpha value is -1.71. The Kier molecular flexibility index (Phi) is 51.3. The van der Waals surface area contributed by atoms with Crippen molar-refractivity contribution >= 4 is 17.9 Å². The van der Waals surface area contributed by atoms with E-state index in [0.29, 0.717) is 17.4 Å². The molecular formula is C60H117NO8. The number of ether oxygens (including phenoxy) is 4. The summed E-state index contributed by atoms with van der Waals surface area (Å²) >= 11 is 0. The van der Waals surface area contributed by atoms with Crippen molar-refractivity contribution in [2.45, 2.75) is 322 Å². The van der Waals surface area contributed by atoms with E-state index in [1.165, 1.54) is 231 Å². The van der Waals surface area contributed by atoms with E-state index >= 15 is 0 Å². The van der Waals surface area contributed by atoms with Crippen LogP contribution in [0.2, 0.25) is 0 Å². The lowest BCUT2D eigenvalue weighted by Gasteiger charge is -2.26. The van der Waals surface area contributed by atoms with Gasteiger partial charge in [0.2, 0.25) is 0 Å². The zero-order valence-corrected chi connectivity index (χ0v) is 46.7. The third-order valence-electron chi connectivity index (χ3n) is 13.9. The van der Waals surface area contributed by atoms with Crippen molar-refractivity contribution in [3.05, 3.63) is 0 Å². The van der Waals surface area contributed by atoms with Crippen molar-refractivity contribution in [1.29, 1.82) is 0 Å². The predicted molar refractivity (Wildman–Crippen MR) is 288 cm³/mol. The largest absolute Gasteiger partial charge is 0.545 e. The minimum Gasteiger partial charge on any atom is -0.545 e.